The topological polar surface area (TPSA) is 41.4 Å². The van der Waals surface area contributed by atoms with E-state index >= 15 is 0 Å². The van der Waals surface area contributed by atoms with Crippen LogP contribution < -0.4 is 9.80 Å². The Morgan fingerprint density at radius 3 is 2.57 bits per heavy atom. The first-order valence-corrected chi connectivity index (χ1v) is 8.18. The van der Waals surface area contributed by atoms with Gasteiger partial charge in [0.05, 0.1) is 11.4 Å². The van der Waals surface area contributed by atoms with Crippen LogP contribution in [0.4, 0.5) is 11.4 Å². The van der Waals surface area contributed by atoms with Gasteiger partial charge in [-0.05, 0) is 45.4 Å². The fourth-order valence-electron chi connectivity index (χ4n) is 3.03. The number of amides is 1. The van der Waals surface area contributed by atoms with Crippen molar-refractivity contribution >= 4 is 17.3 Å². The third kappa shape index (κ3) is 2.83. The van der Waals surface area contributed by atoms with E-state index in [1.54, 1.807) is 0 Å². The van der Waals surface area contributed by atoms with Gasteiger partial charge in [0.2, 0.25) is 0 Å². The number of nitrogens with zero attached hydrogens (tertiary/aromatic N) is 4. The number of carbonyl (C=O) groups is 1. The van der Waals surface area contributed by atoms with E-state index in [1.807, 2.05) is 40.0 Å². The zero-order chi connectivity index (χ0) is 16.6. The van der Waals surface area contributed by atoms with Gasteiger partial charge in [0, 0.05) is 31.9 Å². The van der Waals surface area contributed by atoms with Gasteiger partial charge >= 0.3 is 0 Å². The minimum absolute atomic E-state index is 0.0281. The van der Waals surface area contributed by atoms with Gasteiger partial charge < -0.3 is 9.80 Å². The van der Waals surface area contributed by atoms with E-state index < -0.39 is 0 Å². The Morgan fingerprint density at radius 1 is 1.22 bits per heavy atom. The standard InChI is InChI=1S/C18H24N4O/c1-13(2)21-12-10-15(19-21)18(23)22-14(3)9-11-20(4)16-7-5-6-8-17(16)22/h5-8,10,12-14H,9,11H2,1-4H3/t14-/m1/s1. The maximum Gasteiger partial charge on any atom is 0.279 e. The second-order valence-electron chi connectivity index (χ2n) is 6.50. The summed E-state index contributed by atoms with van der Waals surface area (Å²) in [6, 6.07) is 10.3. The van der Waals surface area contributed by atoms with Crippen LogP contribution >= 0.6 is 0 Å². The fourth-order valence-corrected chi connectivity index (χ4v) is 3.03. The van der Waals surface area contributed by atoms with E-state index in [1.165, 1.54) is 0 Å². The summed E-state index contributed by atoms with van der Waals surface area (Å²) in [6.07, 6.45) is 2.81. The summed E-state index contributed by atoms with van der Waals surface area (Å²) < 4.78 is 1.83. The van der Waals surface area contributed by atoms with Crippen molar-refractivity contribution in [1.82, 2.24) is 9.78 Å². The van der Waals surface area contributed by atoms with E-state index in [9.17, 15) is 4.79 Å². The number of carbonyl (C=O) groups excluding carboxylic acids is 1. The first-order chi connectivity index (χ1) is 11.0. The Kier molecular flexibility index (Phi) is 4.11. The molecule has 2 heterocycles. The number of para-hydroxylation sites is 2. The molecule has 0 aliphatic carbocycles. The molecule has 0 bridgehead atoms. The lowest BCUT2D eigenvalue weighted by molar-refractivity contribution is 0.0972. The van der Waals surface area contributed by atoms with Gasteiger partial charge in [0.15, 0.2) is 5.69 Å². The second-order valence-corrected chi connectivity index (χ2v) is 6.50. The van der Waals surface area contributed by atoms with Crippen LogP contribution in [-0.2, 0) is 0 Å². The van der Waals surface area contributed by atoms with Gasteiger partial charge in [-0.3, -0.25) is 9.48 Å². The number of aromatic nitrogens is 2. The molecule has 3 rings (SSSR count). The van der Waals surface area contributed by atoms with Crippen LogP contribution in [0.15, 0.2) is 36.5 Å². The Labute approximate surface area is 137 Å². The highest BCUT2D eigenvalue weighted by Gasteiger charge is 2.30. The zero-order valence-electron chi connectivity index (χ0n) is 14.2. The van der Waals surface area contributed by atoms with Crippen molar-refractivity contribution in [2.45, 2.75) is 39.3 Å². The quantitative estimate of drug-likeness (QED) is 0.854. The van der Waals surface area contributed by atoms with Crippen molar-refractivity contribution in [1.29, 1.82) is 0 Å². The van der Waals surface area contributed by atoms with Crippen molar-refractivity contribution in [2.24, 2.45) is 0 Å². The summed E-state index contributed by atoms with van der Waals surface area (Å²) >= 11 is 0. The summed E-state index contributed by atoms with van der Waals surface area (Å²) in [5.41, 5.74) is 2.56. The molecule has 1 aliphatic rings. The normalized spacial score (nSPS) is 18.0. The molecule has 2 aromatic rings. The molecule has 5 nitrogen and oxygen atoms in total. The number of fused-ring (bicyclic) bond motifs is 1. The number of hydrogen-bond acceptors (Lipinski definition) is 3. The minimum atomic E-state index is -0.0281. The van der Waals surface area contributed by atoms with E-state index in [0.29, 0.717) is 5.69 Å². The Hall–Kier alpha value is -2.30. The van der Waals surface area contributed by atoms with E-state index in [2.05, 4.69) is 43.9 Å². The maximum absolute atomic E-state index is 13.1. The SMILES string of the molecule is CC(C)n1ccc(C(=O)N2c3ccccc3N(C)CC[C@H]2C)n1. The predicted molar refractivity (Wildman–Crippen MR) is 93.2 cm³/mol. The van der Waals surface area contributed by atoms with Crippen LogP contribution in [0, 0.1) is 0 Å². The molecular formula is C18H24N4O. The summed E-state index contributed by atoms with van der Waals surface area (Å²) in [7, 11) is 2.08. The van der Waals surface area contributed by atoms with E-state index in [0.717, 1.165) is 24.3 Å². The number of hydrogen-bond donors (Lipinski definition) is 0. The lowest BCUT2D eigenvalue weighted by Gasteiger charge is -2.28. The first-order valence-electron chi connectivity index (χ1n) is 8.18. The van der Waals surface area contributed by atoms with Crippen molar-refractivity contribution in [2.75, 3.05) is 23.4 Å². The highest BCUT2D eigenvalue weighted by molar-refractivity contribution is 6.07. The van der Waals surface area contributed by atoms with Crippen LogP contribution in [-0.4, -0.2) is 35.3 Å². The number of anilines is 2. The highest BCUT2D eigenvalue weighted by Crippen LogP contribution is 2.34. The molecule has 1 aliphatic heterocycles. The largest absolute Gasteiger partial charge is 0.373 e. The van der Waals surface area contributed by atoms with Crippen molar-refractivity contribution in [3.63, 3.8) is 0 Å². The molecule has 5 heteroatoms. The molecule has 1 aromatic carbocycles. The van der Waals surface area contributed by atoms with Crippen LogP contribution in [0.2, 0.25) is 0 Å². The molecule has 0 N–H and O–H groups in total. The van der Waals surface area contributed by atoms with E-state index in [4.69, 9.17) is 0 Å². The molecule has 0 radical (unpaired) electrons. The molecule has 0 saturated carbocycles. The molecule has 0 saturated heterocycles. The minimum Gasteiger partial charge on any atom is -0.373 e. The van der Waals surface area contributed by atoms with Crippen molar-refractivity contribution in [3.05, 3.63) is 42.2 Å². The first kappa shape index (κ1) is 15.6. The summed E-state index contributed by atoms with van der Waals surface area (Å²) in [6.45, 7) is 7.15. The fraction of sp³-hybridized carbons (Fsp3) is 0.444. The van der Waals surface area contributed by atoms with E-state index in [-0.39, 0.29) is 18.0 Å². The average Bonchev–Trinajstić information content (AvgIpc) is 2.99. The van der Waals surface area contributed by atoms with Gasteiger partial charge in [-0.2, -0.15) is 5.10 Å². The smallest absolute Gasteiger partial charge is 0.279 e. The molecule has 0 fully saturated rings. The Morgan fingerprint density at radius 2 is 1.91 bits per heavy atom. The molecule has 1 amide bonds. The van der Waals surface area contributed by atoms with Gasteiger partial charge in [-0.15, -0.1) is 0 Å². The lowest BCUT2D eigenvalue weighted by atomic mass is 10.1. The third-order valence-corrected chi connectivity index (χ3v) is 4.45. The van der Waals surface area contributed by atoms with Crippen LogP contribution in [0.25, 0.3) is 0 Å². The molecule has 1 atom stereocenters. The summed E-state index contributed by atoms with van der Waals surface area (Å²) in [4.78, 5) is 17.2. The highest BCUT2D eigenvalue weighted by atomic mass is 16.2. The Bertz CT molecular complexity index is 707. The van der Waals surface area contributed by atoms with Crippen LogP contribution in [0.5, 0.6) is 0 Å². The molecule has 1 aromatic heterocycles. The van der Waals surface area contributed by atoms with Gasteiger partial charge in [-0.1, -0.05) is 12.1 Å². The average molecular weight is 312 g/mol. The monoisotopic (exact) mass is 312 g/mol. The molecule has 0 spiro atoms. The van der Waals surface area contributed by atoms with Gasteiger partial charge in [0.1, 0.15) is 0 Å². The summed E-state index contributed by atoms with van der Waals surface area (Å²) in [5.74, 6) is -0.0281. The predicted octanol–water partition coefficient (Wildman–Crippen LogP) is 3.34. The maximum atomic E-state index is 13.1. The molecule has 0 unspecified atom stereocenters. The number of benzene rings is 1. The molecule has 122 valence electrons. The number of rotatable bonds is 2. The third-order valence-electron chi connectivity index (χ3n) is 4.45. The molecular weight excluding hydrogens is 288 g/mol. The van der Waals surface area contributed by atoms with Gasteiger partial charge in [-0.25, -0.2) is 0 Å². The van der Waals surface area contributed by atoms with Crippen LogP contribution in [0.1, 0.15) is 43.7 Å². The second kappa shape index (κ2) is 6.07. The summed E-state index contributed by atoms with van der Waals surface area (Å²) in [5, 5.41) is 4.45. The van der Waals surface area contributed by atoms with Crippen molar-refractivity contribution in [3.8, 4) is 0 Å². The Balaban J connectivity index is 2.01. The van der Waals surface area contributed by atoms with Gasteiger partial charge in [0.25, 0.3) is 5.91 Å². The molecule has 23 heavy (non-hydrogen) atoms. The zero-order valence-corrected chi connectivity index (χ0v) is 14.2. The van der Waals surface area contributed by atoms with Crippen LogP contribution in [0.3, 0.4) is 0 Å². The van der Waals surface area contributed by atoms with Crippen molar-refractivity contribution < 1.29 is 4.79 Å². The lowest BCUT2D eigenvalue weighted by Crippen LogP contribution is -2.38.